The standard InChI is InChI=1S/C16H18F3N9OS/c1-9-10(2)13(25-28-12(9)22-23-14(28)16(17,18)19)27-5-3-26(4-6-27)7-11(29)21-15-24-20-8-30-15/h8H,3-7H2,1-2H3,(H,21,24,29). The van der Waals surface area contributed by atoms with E-state index in [2.05, 4.69) is 30.8 Å². The molecule has 1 N–H and O–H groups in total. The highest BCUT2D eigenvalue weighted by atomic mass is 32.1. The Morgan fingerprint density at radius 2 is 1.87 bits per heavy atom. The number of rotatable bonds is 4. The predicted octanol–water partition coefficient (Wildman–Crippen LogP) is 1.37. The first-order chi connectivity index (χ1) is 14.2. The summed E-state index contributed by atoms with van der Waals surface area (Å²) in [7, 11) is 0. The van der Waals surface area contributed by atoms with E-state index < -0.39 is 12.0 Å². The summed E-state index contributed by atoms with van der Waals surface area (Å²) >= 11 is 1.24. The lowest BCUT2D eigenvalue weighted by atomic mass is 10.1. The van der Waals surface area contributed by atoms with E-state index in [1.165, 1.54) is 16.8 Å². The van der Waals surface area contributed by atoms with Gasteiger partial charge in [0.1, 0.15) is 5.51 Å². The van der Waals surface area contributed by atoms with Crippen molar-refractivity contribution in [2.75, 3.05) is 42.9 Å². The van der Waals surface area contributed by atoms with Crippen LogP contribution in [-0.4, -0.2) is 73.5 Å². The van der Waals surface area contributed by atoms with Crippen molar-refractivity contribution in [3.05, 3.63) is 22.5 Å². The Kier molecular flexibility index (Phi) is 5.27. The SMILES string of the molecule is Cc1c(N2CCN(CC(=O)Nc3nncs3)CC2)nn2c(C(F)(F)F)nnc2c1C. The molecular weight excluding hydrogens is 423 g/mol. The minimum Gasteiger partial charge on any atom is -0.352 e. The maximum absolute atomic E-state index is 13.2. The first kappa shape index (κ1) is 20.4. The van der Waals surface area contributed by atoms with Crippen LogP contribution in [0.3, 0.4) is 0 Å². The number of amides is 1. The number of hydrogen-bond donors (Lipinski definition) is 1. The van der Waals surface area contributed by atoms with Crippen molar-refractivity contribution in [1.82, 2.24) is 34.9 Å². The molecule has 4 heterocycles. The van der Waals surface area contributed by atoms with Gasteiger partial charge in [-0.2, -0.15) is 17.7 Å². The van der Waals surface area contributed by atoms with Crippen LogP contribution in [-0.2, 0) is 11.0 Å². The predicted molar refractivity (Wildman–Crippen MR) is 102 cm³/mol. The average molecular weight is 441 g/mol. The molecule has 1 fully saturated rings. The van der Waals surface area contributed by atoms with Crippen LogP contribution in [0.2, 0.25) is 0 Å². The number of nitrogens with zero attached hydrogens (tertiary/aromatic N) is 8. The van der Waals surface area contributed by atoms with Gasteiger partial charge in [-0.15, -0.1) is 25.5 Å². The van der Waals surface area contributed by atoms with Gasteiger partial charge in [-0.3, -0.25) is 15.0 Å². The van der Waals surface area contributed by atoms with Crippen LogP contribution in [0.1, 0.15) is 17.0 Å². The minimum absolute atomic E-state index is 0.0931. The highest BCUT2D eigenvalue weighted by molar-refractivity contribution is 7.13. The smallest absolute Gasteiger partial charge is 0.352 e. The summed E-state index contributed by atoms with van der Waals surface area (Å²) in [6, 6.07) is 0. The summed E-state index contributed by atoms with van der Waals surface area (Å²) in [6.45, 7) is 5.89. The molecule has 3 aromatic heterocycles. The van der Waals surface area contributed by atoms with Crippen LogP contribution in [0.15, 0.2) is 5.51 Å². The van der Waals surface area contributed by atoms with E-state index in [1.807, 2.05) is 16.7 Å². The molecule has 14 heteroatoms. The zero-order valence-corrected chi connectivity index (χ0v) is 17.0. The number of carbonyl (C=O) groups is 1. The molecule has 0 radical (unpaired) electrons. The van der Waals surface area contributed by atoms with E-state index in [9.17, 15) is 18.0 Å². The lowest BCUT2D eigenvalue weighted by Crippen LogP contribution is -2.49. The number of hydrogen-bond acceptors (Lipinski definition) is 9. The summed E-state index contributed by atoms with van der Waals surface area (Å²) in [4.78, 5) is 16.0. The second kappa shape index (κ2) is 7.75. The molecule has 1 aliphatic rings. The Bertz CT molecular complexity index is 1060. The molecule has 30 heavy (non-hydrogen) atoms. The van der Waals surface area contributed by atoms with Gasteiger partial charge in [0.2, 0.25) is 11.0 Å². The first-order valence-corrected chi connectivity index (χ1v) is 9.95. The molecule has 0 spiro atoms. The van der Waals surface area contributed by atoms with Gasteiger partial charge in [-0.05, 0) is 13.8 Å². The van der Waals surface area contributed by atoms with E-state index in [0.29, 0.717) is 42.7 Å². The Morgan fingerprint density at radius 3 is 2.50 bits per heavy atom. The molecule has 1 aliphatic heterocycles. The molecule has 160 valence electrons. The second-order valence-corrected chi connectivity index (χ2v) is 7.72. The lowest BCUT2D eigenvalue weighted by Gasteiger charge is -2.35. The Hall–Kier alpha value is -2.87. The zero-order chi connectivity index (χ0) is 21.5. The van der Waals surface area contributed by atoms with Gasteiger partial charge in [-0.1, -0.05) is 11.3 Å². The molecule has 0 aliphatic carbocycles. The fourth-order valence-electron chi connectivity index (χ4n) is 3.30. The number of aromatic nitrogens is 6. The molecule has 1 saturated heterocycles. The van der Waals surface area contributed by atoms with E-state index in [0.717, 1.165) is 10.1 Å². The molecule has 0 saturated carbocycles. The quantitative estimate of drug-likeness (QED) is 0.648. The third kappa shape index (κ3) is 3.92. The molecule has 1 amide bonds. The van der Waals surface area contributed by atoms with Gasteiger partial charge in [0.25, 0.3) is 5.82 Å². The summed E-state index contributed by atoms with van der Waals surface area (Å²) in [5.74, 6) is -0.872. The van der Waals surface area contributed by atoms with Gasteiger partial charge < -0.3 is 4.90 Å². The highest BCUT2D eigenvalue weighted by Crippen LogP contribution is 2.30. The van der Waals surface area contributed by atoms with Crippen molar-refractivity contribution in [3.8, 4) is 0 Å². The van der Waals surface area contributed by atoms with Crippen LogP contribution >= 0.6 is 11.3 Å². The number of nitrogens with one attached hydrogen (secondary N) is 1. The van der Waals surface area contributed by atoms with E-state index in [1.54, 1.807) is 6.92 Å². The van der Waals surface area contributed by atoms with Crippen molar-refractivity contribution in [1.29, 1.82) is 0 Å². The number of anilines is 2. The fraction of sp³-hybridized carbons (Fsp3) is 0.500. The average Bonchev–Trinajstić information content (AvgIpc) is 3.34. The minimum atomic E-state index is -4.65. The number of fused-ring (bicyclic) bond motifs is 1. The largest absolute Gasteiger partial charge is 0.453 e. The van der Waals surface area contributed by atoms with Crippen LogP contribution < -0.4 is 10.2 Å². The number of aryl methyl sites for hydroxylation is 1. The van der Waals surface area contributed by atoms with Crippen molar-refractivity contribution in [3.63, 3.8) is 0 Å². The Balaban J connectivity index is 1.48. The molecule has 3 aromatic rings. The molecule has 0 aromatic carbocycles. The molecule has 0 bridgehead atoms. The summed E-state index contributed by atoms with van der Waals surface area (Å²) in [5, 5.41) is 21.7. The molecule has 0 atom stereocenters. The van der Waals surface area contributed by atoms with Crippen LogP contribution in [0.25, 0.3) is 5.65 Å². The summed E-state index contributed by atoms with van der Waals surface area (Å²) in [6.07, 6.45) is -4.65. The number of halogens is 3. The maximum Gasteiger partial charge on any atom is 0.453 e. The van der Waals surface area contributed by atoms with Gasteiger partial charge in [0.05, 0.1) is 6.54 Å². The van der Waals surface area contributed by atoms with Crippen LogP contribution in [0.4, 0.5) is 24.1 Å². The first-order valence-electron chi connectivity index (χ1n) is 9.07. The topological polar surface area (TPSA) is 104 Å². The van der Waals surface area contributed by atoms with Gasteiger partial charge in [-0.25, -0.2) is 0 Å². The molecule has 0 unspecified atom stereocenters. The Labute approximate surface area is 172 Å². The second-order valence-electron chi connectivity index (χ2n) is 6.89. The highest BCUT2D eigenvalue weighted by Gasteiger charge is 2.38. The third-order valence-corrected chi connectivity index (χ3v) is 5.57. The fourth-order valence-corrected chi connectivity index (χ4v) is 3.76. The number of alkyl halides is 3. The van der Waals surface area contributed by atoms with Gasteiger partial charge in [0, 0.05) is 37.3 Å². The Morgan fingerprint density at radius 1 is 1.13 bits per heavy atom. The third-order valence-electron chi connectivity index (χ3n) is 4.97. The van der Waals surface area contributed by atoms with Gasteiger partial charge in [0.15, 0.2) is 11.5 Å². The molecular formula is C16H18F3N9OS. The maximum atomic E-state index is 13.2. The van der Waals surface area contributed by atoms with Crippen molar-refractivity contribution < 1.29 is 18.0 Å². The lowest BCUT2D eigenvalue weighted by molar-refractivity contribution is -0.146. The summed E-state index contributed by atoms with van der Waals surface area (Å²) in [5.41, 5.74) is 2.98. The van der Waals surface area contributed by atoms with E-state index in [-0.39, 0.29) is 18.1 Å². The number of piperazine rings is 1. The normalized spacial score (nSPS) is 15.7. The molecule has 4 rings (SSSR count). The van der Waals surface area contributed by atoms with Crippen molar-refractivity contribution >= 4 is 33.8 Å². The van der Waals surface area contributed by atoms with Crippen molar-refractivity contribution in [2.45, 2.75) is 20.0 Å². The van der Waals surface area contributed by atoms with Crippen molar-refractivity contribution in [2.24, 2.45) is 0 Å². The van der Waals surface area contributed by atoms with Gasteiger partial charge >= 0.3 is 6.18 Å². The van der Waals surface area contributed by atoms with E-state index >= 15 is 0 Å². The van der Waals surface area contributed by atoms with Crippen LogP contribution in [0, 0.1) is 13.8 Å². The zero-order valence-electron chi connectivity index (χ0n) is 16.1. The van der Waals surface area contributed by atoms with E-state index in [4.69, 9.17) is 0 Å². The van der Waals surface area contributed by atoms with Crippen LogP contribution in [0.5, 0.6) is 0 Å². The monoisotopic (exact) mass is 441 g/mol. The molecule has 10 nitrogen and oxygen atoms in total. The summed E-state index contributed by atoms with van der Waals surface area (Å²) < 4.78 is 40.5. The number of carbonyl (C=O) groups excluding carboxylic acids is 1.